The van der Waals surface area contributed by atoms with E-state index < -0.39 is 10.0 Å². The molecular weight excluding hydrogens is 370 g/mol. The highest BCUT2D eigenvalue weighted by molar-refractivity contribution is 7.89. The van der Waals surface area contributed by atoms with Gasteiger partial charge in [-0.05, 0) is 36.1 Å². The lowest BCUT2D eigenvalue weighted by Gasteiger charge is -2.22. The minimum Gasteiger partial charge on any atom is -0.374 e. The number of fused-ring (bicyclic) bond motifs is 1. The van der Waals surface area contributed by atoms with Gasteiger partial charge in [0.25, 0.3) is 0 Å². The van der Waals surface area contributed by atoms with Gasteiger partial charge in [0.05, 0.1) is 4.90 Å². The molecule has 0 aliphatic carbocycles. The molecule has 0 fully saturated rings. The number of hydrogen-bond donors (Lipinski definition) is 1. The molecule has 26 heavy (non-hydrogen) atoms. The van der Waals surface area contributed by atoms with Crippen molar-refractivity contribution in [1.82, 2.24) is 4.31 Å². The summed E-state index contributed by atoms with van der Waals surface area (Å²) < 4.78 is 27.7. The molecule has 142 valence electrons. The van der Waals surface area contributed by atoms with Gasteiger partial charge in [-0.1, -0.05) is 36.4 Å². The summed E-state index contributed by atoms with van der Waals surface area (Å²) in [6.07, 6.45) is 1.64. The molecule has 0 saturated carbocycles. The summed E-state index contributed by atoms with van der Waals surface area (Å²) in [7, 11) is -1.56. The standard InChI is InChI=1S/C19H25N3O2S.ClH/c1-21-12-10-17-7-8-18(15-19(17)21)25(23,24)22(14-11-20)13-9-16-5-3-2-4-6-16;/h2-8,15H,9-14,20H2,1H3;1H. The summed E-state index contributed by atoms with van der Waals surface area (Å²) in [4.78, 5) is 2.45. The van der Waals surface area contributed by atoms with Gasteiger partial charge in [0.15, 0.2) is 0 Å². The summed E-state index contributed by atoms with van der Waals surface area (Å²) in [6, 6.07) is 15.4. The zero-order valence-corrected chi connectivity index (χ0v) is 16.6. The van der Waals surface area contributed by atoms with E-state index in [9.17, 15) is 8.42 Å². The van der Waals surface area contributed by atoms with Crippen LogP contribution in [-0.2, 0) is 22.9 Å². The molecular formula is C19H26ClN3O2S. The van der Waals surface area contributed by atoms with Crippen molar-refractivity contribution in [2.24, 2.45) is 5.73 Å². The Morgan fingerprint density at radius 3 is 2.54 bits per heavy atom. The lowest BCUT2D eigenvalue weighted by atomic mass is 10.1. The van der Waals surface area contributed by atoms with Crippen molar-refractivity contribution in [3.63, 3.8) is 0 Å². The monoisotopic (exact) mass is 395 g/mol. The third-order valence-electron chi connectivity index (χ3n) is 4.69. The molecule has 0 radical (unpaired) electrons. The van der Waals surface area contributed by atoms with Gasteiger partial charge in [0.1, 0.15) is 0 Å². The first-order valence-electron chi connectivity index (χ1n) is 8.60. The number of halogens is 1. The average molecular weight is 396 g/mol. The van der Waals surface area contributed by atoms with E-state index in [1.165, 1.54) is 9.87 Å². The molecule has 7 heteroatoms. The summed E-state index contributed by atoms with van der Waals surface area (Å²) in [5.74, 6) is 0. The van der Waals surface area contributed by atoms with E-state index in [-0.39, 0.29) is 12.4 Å². The first-order valence-corrected chi connectivity index (χ1v) is 10.0. The van der Waals surface area contributed by atoms with E-state index in [1.54, 1.807) is 12.1 Å². The number of hydrogen-bond acceptors (Lipinski definition) is 4. The largest absolute Gasteiger partial charge is 0.374 e. The zero-order valence-electron chi connectivity index (χ0n) is 15.0. The summed E-state index contributed by atoms with van der Waals surface area (Å²) in [5, 5.41) is 0. The molecule has 0 saturated heterocycles. The van der Waals surface area contributed by atoms with Crippen LogP contribution in [0.3, 0.4) is 0 Å². The van der Waals surface area contributed by atoms with Crippen LogP contribution >= 0.6 is 12.4 Å². The third-order valence-corrected chi connectivity index (χ3v) is 6.59. The molecule has 0 unspecified atom stereocenters. The molecule has 1 aliphatic heterocycles. The Hall–Kier alpha value is -1.60. The molecule has 5 nitrogen and oxygen atoms in total. The fraction of sp³-hybridized carbons (Fsp3) is 0.368. The maximum absolute atomic E-state index is 13.1. The fourth-order valence-corrected chi connectivity index (χ4v) is 4.70. The van der Waals surface area contributed by atoms with Crippen LogP contribution in [0.1, 0.15) is 11.1 Å². The van der Waals surface area contributed by atoms with Crippen molar-refractivity contribution in [3.05, 3.63) is 59.7 Å². The minimum atomic E-state index is -3.55. The first-order chi connectivity index (χ1) is 12.0. The first kappa shape index (κ1) is 20.7. The second kappa shape index (κ2) is 8.86. The molecule has 2 aromatic rings. The molecule has 2 aromatic carbocycles. The van der Waals surface area contributed by atoms with Crippen molar-refractivity contribution >= 4 is 28.1 Å². The Morgan fingerprint density at radius 1 is 1.12 bits per heavy atom. The Balaban J connectivity index is 0.00000243. The molecule has 0 atom stereocenters. The lowest BCUT2D eigenvalue weighted by Crippen LogP contribution is -2.37. The van der Waals surface area contributed by atoms with Gasteiger partial charge in [-0.15, -0.1) is 12.4 Å². The number of benzene rings is 2. The summed E-state index contributed by atoms with van der Waals surface area (Å²) in [6.45, 7) is 1.98. The quantitative estimate of drug-likeness (QED) is 0.781. The number of nitrogens with zero attached hydrogens (tertiary/aromatic N) is 2. The predicted octanol–water partition coefficient (Wildman–Crippen LogP) is 2.29. The van der Waals surface area contributed by atoms with Gasteiger partial charge in [-0.25, -0.2) is 8.42 Å². The number of likely N-dealkylation sites (N-methyl/N-ethyl adjacent to an activating group) is 1. The van der Waals surface area contributed by atoms with Gasteiger partial charge in [0, 0.05) is 38.9 Å². The summed E-state index contributed by atoms with van der Waals surface area (Å²) >= 11 is 0. The maximum Gasteiger partial charge on any atom is 0.243 e. The van der Waals surface area contributed by atoms with Crippen LogP contribution in [-0.4, -0.2) is 45.9 Å². The van der Waals surface area contributed by atoms with Crippen LogP contribution in [0, 0.1) is 0 Å². The van der Waals surface area contributed by atoms with Crippen molar-refractivity contribution in [3.8, 4) is 0 Å². The van der Waals surface area contributed by atoms with Crippen molar-refractivity contribution in [2.75, 3.05) is 38.1 Å². The highest BCUT2D eigenvalue weighted by Gasteiger charge is 2.26. The zero-order chi connectivity index (χ0) is 17.9. The highest BCUT2D eigenvalue weighted by Crippen LogP contribution is 2.30. The molecule has 1 aliphatic rings. The Morgan fingerprint density at radius 2 is 1.85 bits per heavy atom. The second-order valence-electron chi connectivity index (χ2n) is 6.39. The Labute approximate surface area is 162 Å². The Bertz CT molecular complexity index is 828. The van der Waals surface area contributed by atoms with E-state index >= 15 is 0 Å². The normalized spacial score (nSPS) is 13.6. The van der Waals surface area contributed by atoms with E-state index in [1.807, 2.05) is 43.4 Å². The SMILES string of the molecule is CN1CCc2ccc(S(=O)(=O)N(CCN)CCc3ccccc3)cc21.Cl. The topological polar surface area (TPSA) is 66.6 Å². The Kier molecular flexibility index (Phi) is 7.06. The third kappa shape index (κ3) is 4.38. The van der Waals surface area contributed by atoms with Gasteiger partial charge < -0.3 is 10.6 Å². The van der Waals surface area contributed by atoms with E-state index in [0.29, 0.717) is 31.0 Å². The number of nitrogens with two attached hydrogens (primary N) is 1. The molecule has 3 rings (SSSR count). The highest BCUT2D eigenvalue weighted by atomic mass is 35.5. The van der Waals surface area contributed by atoms with Crippen molar-refractivity contribution < 1.29 is 8.42 Å². The van der Waals surface area contributed by atoms with Crippen molar-refractivity contribution in [1.29, 1.82) is 0 Å². The predicted molar refractivity (Wildman–Crippen MR) is 109 cm³/mol. The van der Waals surface area contributed by atoms with E-state index in [0.717, 1.165) is 24.2 Å². The molecule has 0 amide bonds. The fourth-order valence-electron chi connectivity index (χ4n) is 3.22. The van der Waals surface area contributed by atoms with Gasteiger partial charge in [-0.3, -0.25) is 0 Å². The van der Waals surface area contributed by atoms with Gasteiger partial charge >= 0.3 is 0 Å². The summed E-state index contributed by atoms with van der Waals surface area (Å²) in [5.41, 5.74) is 9.01. The van der Waals surface area contributed by atoms with Gasteiger partial charge in [0.2, 0.25) is 10.0 Å². The van der Waals surface area contributed by atoms with Crippen molar-refractivity contribution in [2.45, 2.75) is 17.7 Å². The van der Waals surface area contributed by atoms with Crippen LogP contribution in [0.15, 0.2) is 53.4 Å². The minimum absolute atomic E-state index is 0. The van der Waals surface area contributed by atoms with Crippen LogP contribution < -0.4 is 10.6 Å². The van der Waals surface area contributed by atoms with Gasteiger partial charge in [-0.2, -0.15) is 4.31 Å². The molecule has 1 heterocycles. The van der Waals surface area contributed by atoms with Crippen LogP contribution in [0.2, 0.25) is 0 Å². The molecule has 0 spiro atoms. The second-order valence-corrected chi connectivity index (χ2v) is 8.33. The van der Waals surface area contributed by atoms with Crippen LogP contribution in [0.5, 0.6) is 0 Å². The van der Waals surface area contributed by atoms with Crippen LogP contribution in [0.25, 0.3) is 0 Å². The lowest BCUT2D eigenvalue weighted by molar-refractivity contribution is 0.421. The number of rotatable bonds is 7. The molecule has 2 N–H and O–H groups in total. The average Bonchev–Trinajstić information content (AvgIpc) is 3.00. The van der Waals surface area contributed by atoms with Crippen LogP contribution in [0.4, 0.5) is 5.69 Å². The number of sulfonamides is 1. The van der Waals surface area contributed by atoms with E-state index in [2.05, 4.69) is 4.90 Å². The van der Waals surface area contributed by atoms with E-state index in [4.69, 9.17) is 5.73 Å². The molecule has 0 bridgehead atoms. The maximum atomic E-state index is 13.1. The molecule has 0 aromatic heterocycles. The smallest absolute Gasteiger partial charge is 0.243 e. The number of anilines is 1.